The third-order valence-electron chi connectivity index (χ3n) is 11.1. The van der Waals surface area contributed by atoms with E-state index in [2.05, 4.69) is 173 Å². The maximum atomic E-state index is 10.5. The van der Waals surface area contributed by atoms with E-state index in [0.717, 1.165) is 97.0 Å². The zero-order valence-electron chi connectivity index (χ0n) is 49.6. The molecule has 0 amide bonds. The number of hydrogen-bond donors (Lipinski definition) is 1. The highest BCUT2D eigenvalue weighted by atomic mass is 16.5. The second kappa shape index (κ2) is 53.3. The Morgan fingerprint density at radius 2 is 0.672 bits per heavy atom. The number of hydrogen-bond acceptors (Lipinski definition) is 3. The minimum Gasteiger partial charge on any atom is -0.378 e. The van der Waals surface area contributed by atoms with E-state index in [-0.39, 0.29) is 0 Å². The van der Waals surface area contributed by atoms with Crippen LogP contribution in [0.15, 0.2) is 5.57 Å². The second-order valence-corrected chi connectivity index (χ2v) is 24.5. The van der Waals surface area contributed by atoms with Crippen molar-refractivity contribution in [2.75, 3.05) is 6.61 Å². The Labute approximate surface area is 410 Å². The predicted octanol–water partition coefficient (Wildman–Crippen LogP) is 20.7. The molecule has 3 nitrogen and oxygen atoms in total. The molecule has 1 unspecified atom stereocenters. The van der Waals surface area contributed by atoms with Gasteiger partial charge in [0, 0.05) is 18.2 Å². The summed E-state index contributed by atoms with van der Waals surface area (Å²) in [7, 11) is 0. The fourth-order valence-corrected chi connectivity index (χ4v) is 7.18. The average molecular weight is 911 g/mol. The summed E-state index contributed by atoms with van der Waals surface area (Å²) in [5.74, 6) is 11.4. The van der Waals surface area contributed by atoms with Crippen molar-refractivity contribution in [3.8, 4) is 0 Å². The molecule has 0 saturated carbocycles. The zero-order chi connectivity index (χ0) is 51.2. The van der Waals surface area contributed by atoms with Gasteiger partial charge in [-0.05, 0) is 110 Å². The number of rotatable bonds is 30. The largest absolute Gasteiger partial charge is 0.378 e. The average Bonchev–Trinajstić information content (AvgIpc) is 3.12. The molecule has 0 aliphatic carbocycles. The molecule has 3 heteroatoms. The maximum absolute atomic E-state index is 10.5. The van der Waals surface area contributed by atoms with Crippen LogP contribution >= 0.6 is 0 Å². The quantitative estimate of drug-likeness (QED) is 0.0577. The molecule has 0 aliphatic heterocycles. The topological polar surface area (TPSA) is 52.3 Å². The van der Waals surface area contributed by atoms with Crippen LogP contribution in [0.25, 0.3) is 0 Å². The number of allylic oxidation sites excluding steroid dienone is 1. The van der Waals surface area contributed by atoms with Gasteiger partial charge in [-0.25, -0.2) is 4.79 Å². The molecule has 0 aromatic heterocycles. The molecular weight excluding hydrogens is 779 g/mol. The van der Waals surface area contributed by atoms with Gasteiger partial charge in [0.2, 0.25) is 0 Å². The molecule has 2 N–H and O–H groups in total. The van der Waals surface area contributed by atoms with Crippen LogP contribution in [0.3, 0.4) is 0 Å². The van der Waals surface area contributed by atoms with Crippen molar-refractivity contribution >= 4 is 5.94 Å². The van der Waals surface area contributed by atoms with Crippen LogP contribution in [-0.2, 0) is 9.53 Å². The smallest absolute Gasteiger partial charge is 0.123 e. The van der Waals surface area contributed by atoms with Crippen LogP contribution in [0.4, 0.5) is 0 Å². The van der Waals surface area contributed by atoms with E-state index in [9.17, 15) is 4.79 Å². The lowest BCUT2D eigenvalue weighted by molar-refractivity contribution is 0.0167. The van der Waals surface area contributed by atoms with Crippen LogP contribution in [0.1, 0.15) is 295 Å². The molecule has 0 aromatic carbocycles. The van der Waals surface area contributed by atoms with Crippen LogP contribution in [0, 0.1) is 71.0 Å². The van der Waals surface area contributed by atoms with Gasteiger partial charge in [0.1, 0.15) is 5.94 Å². The molecule has 0 fully saturated rings. The van der Waals surface area contributed by atoms with E-state index in [0.29, 0.717) is 24.0 Å². The van der Waals surface area contributed by atoms with Gasteiger partial charge in [0.15, 0.2) is 0 Å². The highest BCUT2D eigenvalue weighted by Gasteiger charge is 2.14. The van der Waals surface area contributed by atoms with E-state index in [4.69, 9.17) is 10.5 Å². The van der Waals surface area contributed by atoms with Crippen molar-refractivity contribution in [2.24, 2.45) is 76.7 Å². The summed E-state index contributed by atoms with van der Waals surface area (Å²) in [4.78, 5) is 10.5. The lowest BCUT2D eigenvalue weighted by Crippen LogP contribution is -2.23. The van der Waals surface area contributed by atoms with Crippen molar-refractivity contribution in [1.82, 2.24) is 0 Å². The highest BCUT2D eigenvalue weighted by Crippen LogP contribution is 2.18. The molecule has 1 atom stereocenters. The summed E-state index contributed by atoms with van der Waals surface area (Å²) < 4.78 is 5.61. The van der Waals surface area contributed by atoms with Crippen molar-refractivity contribution in [3.05, 3.63) is 5.57 Å². The number of nitrogens with two attached hydrogens (primary N) is 1. The van der Waals surface area contributed by atoms with Gasteiger partial charge in [0.25, 0.3) is 0 Å². The van der Waals surface area contributed by atoms with Gasteiger partial charge < -0.3 is 10.5 Å². The first-order valence-electron chi connectivity index (χ1n) is 28.2. The minimum absolute atomic E-state index is 0.370. The van der Waals surface area contributed by atoms with E-state index >= 15 is 0 Å². The van der Waals surface area contributed by atoms with Crippen molar-refractivity contribution in [2.45, 2.75) is 307 Å². The number of unbranched alkanes of at least 4 members (excludes halogenated alkanes) is 4. The maximum Gasteiger partial charge on any atom is 0.123 e. The molecule has 0 heterocycles. The lowest BCUT2D eigenvalue weighted by Gasteiger charge is -2.22. The summed E-state index contributed by atoms with van der Waals surface area (Å²) in [6.07, 6.45) is 25.7. The Balaban J connectivity index is -0.000000158. The molecule has 0 radical (unpaired) electrons. The molecule has 0 bridgehead atoms. The number of carbonyl (C=O) groups excluding carboxylic acids is 1. The van der Waals surface area contributed by atoms with E-state index in [1.165, 1.54) is 96.3 Å². The molecule has 64 heavy (non-hydrogen) atoms. The summed E-state index contributed by atoms with van der Waals surface area (Å²) >= 11 is 0. The van der Waals surface area contributed by atoms with Gasteiger partial charge in [-0.3, -0.25) is 0 Å². The Bertz CT molecular complexity index is 843. The van der Waals surface area contributed by atoms with Gasteiger partial charge in [-0.1, -0.05) is 256 Å². The molecule has 0 aliphatic rings. The fraction of sp³-hybridized carbons (Fsp3) is 0.967. The molecule has 392 valence electrons. The molecule has 0 saturated heterocycles. The standard InChI is InChI=1S/C11H20O.2C11H24.C10H22O.C9H21N.C9H20/c1-9(2)6-5-7-11(8-12)10(3)4;2*1-10(2)8-6-5-7-9-11(3)4;1-6-11-10(9(4)5)7-8(2)3;1-7(2)5-9(10)6-8(3)4;1-8(2)6-5-7-9(3)4/h9-10H,5-7H2,1-4H3;2*10-11H,5-9H2,1-4H3;8-10H,6-7H2,1-5H3;7-9H,5-6,10H2,1-4H3;8-9H,5-7H2,1-4H3. The third kappa shape index (κ3) is 81.6. The molecule has 0 spiro atoms. The molecule has 0 rings (SSSR count). The van der Waals surface area contributed by atoms with Crippen LogP contribution < -0.4 is 5.73 Å². The summed E-state index contributed by atoms with van der Waals surface area (Å²) in [5, 5.41) is 0. The number of ether oxygens (including phenoxy) is 1. The third-order valence-corrected chi connectivity index (χ3v) is 11.1. The summed E-state index contributed by atoms with van der Waals surface area (Å²) in [5.41, 5.74) is 6.82. The van der Waals surface area contributed by atoms with E-state index in [1.807, 2.05) is 5.94 Å². The monoisotopic (exact) mass is 910 g/mol. The first-order valence-corrected chi connectivity index (χ1v) is 28.2. The normalized spacial score (nSPS) is 11.9. The SMILES string of the molecule is CC(C)CC(N)CC(C)C.CC(C)CCCC(=C=O)C(C)C.CC(C)CCCC(C)C.CC(C)CCCCCC(C)C.CC(C)CCCCCC(C)C.CCOC(CC(C)C)C(C)C. The summed E-state index contributed by atoms with van der Waals surface area (Å²) in [6, 6.07) is 0.417. The van der Waals surface area contributed by atoms with Gasteiger partial charge in [0.05, 0.1) is 6.10 Å². The summed E-state index contributed by atoms with van der Waals surface area (Å²) in [6.45, 7) is 56.9. The fourth-order valence-electron chi connectivity index (χ4n) is 7.18. The van der Waals surface area contributed by atoms with Crippen LogP contribution in [0.5, 0.6) is 0 Å². The Morgan fingerprint density at radius 3 is 0.891 bits per heavy atom. The molecule has 0 aromatic rings. The highest BCUT2D eigenvalue weighted by molar-refractivity contribution is 5.52. The Hall–Kier alpha value is -0.630. The predicted molar refractivity (Wildman–Crippen MR) is 298 cm³/mol. The Kier molecular flexibility index (Phi) is 62.4. The van der Waals surface area contributed by atoms with Crippen molar-refractivity contribution < 1.29 is 9.53 Å². The van der Waals surface area contributed by atoms with Crippen LogP contribution in [-0.4, -0.2) is 24.7 Å². The minimum atomic E-state index is 0.370. The Morgan fingerprint density at radius 1 is 0.391 bits per heavy atom. The van der Waals surface area contributed by atoms with Gasteiger partial charge in [-0.15, -0.1) is 0 Å². The lowest BCUT2D eigenvalue weighted by atomic mass is 9.97. The second-order valence-electron chi connectivity index (χ2n) is 24.5. The van der Waals surface area contributed by atoms with Crippen LogP contribution in [0.2, 0.25) is 0 Å². The van der Waals surface area contributed by atoms with Gasteiger partial charge in [-0.2, -0.15) is 0 Å². The first-order chi connectivity index (χ1) is 29.5. The van der Waals surface area contributed by atoms with E-state index < -0.39 is 0 Å². The van der Waals surface area contributed by atoms with E-state index in [1.54, 1.807) is 0 Å². The van der Waals surface area contributed by atoms with Crippen molar-refractivity contribution in [3.63, 3.8) is 0 Å². The molecular formula is C61H131NO2. The zero-order valence-corrected chi connectivity index (χ0v) is 49.6. The van der Waals surface area contributed by atoms with Crippen molar-refractivity contribution in [1.29, 1.82) is 0 Å². The first kappa shape index (κ1) is 74.9. The van der Waals surface area contributed by atoms with Gasteiger partial charge >= 0.3 is 0 Å².